The number of hydrogen-bond acceptors (Lipinski definition) is 3. The lowest BCUT2D eigenvalue weighted by atomic mass is 9.99. The highest BCUT2D eigenvalue weighted by atomic mass is 32.2. The second kappa shape index (κ2) is 6.19. The van der Waals surface area contributed by atoms with Crippen molar-refractivity contribution in [1.82, 2.24) is 10.2 Å². The van der Waals surface area contributed by atoms with Gasteiger partial charge in [0.2, 0.25) is 5.91 Å². The first kappa shape index (κ1) is 14.0. The Morgan fingerprint density at radius 2 is 2.25 bits per heavy atom. The molecule has 0 radical (unpaired) electrons. The van der Waals surface area contributed by atoms with Gasteiger partial charge in [-0.25, -0.2) is 0 Å². The Balaban J connectivity index is 1.64. The van der Waals surface area contributed by atoms with Gasteiger partial charge in [0, 0.05) is 30.3 Å². The van der Waals surface area contributed by atoms with Crippen LogP contribution in [0.4, 0.5) is 0 Å². The number of rotatable bonds is 3. The third-order valence-electron chi connectivity index (χ3n) is 4.28. The van der Waals surface area contributed by atoms with Crippen molar-refractivity contribution < 1.29 is 4.79 Å². The molecule has 0 bridgehead atoms. The molecule has 1 fully saturated rings. The number of nitrogens with zero attached hydrogens (tertiary/aromatic N) is 1. The maximum atomic E-state index is 12.7. The van der Waals surface area contributed by atoms with Gasteiger partial charge in [-0.3, -0.25) is 4.79 Å². The maximum absolute atomic E-state index is 12.7. The minimum atomic E-state index is 0.0461. The molecule has 2 atom stereocenters. The van der Waals surface area contributed by atoms with Crippen LogP contribution in [-0.2, 0) is 4.79 Å². The van der Waals surface area contributed by atoms with Gasteiger partial charge in [-0.15, -0.1) is 11.8 Å². The van der Waals surface area contributed by atoms with Crippen LogP contribution < -0.4 is 5.32 Å². The van der Waals surface area contributed by atoms with Gasteiger partial charge in [0.1, 0.15) is 0 Å². The van der Waals surface area contributed by atoms with Crippen LogP contribution in [0.15, 0.2) is 29.2 Å². The molecule has 0 aliphatic carbocycles. The van der Waals surface area contributed by atoms with Crippen LogP contribution >= 0.6 is 11.8 Å². The van der Waals surface area contributed by atoms with E-state index in [0.717, 1.165) is 18.8 Å². The molecular weight excluding hydrogens is 268 g/mol. The molecule has 2 heterocycles. The van der Waals surface area contributed by atoms with Gasteiger partial charge >= 0.3 is 0 Å². The van der Waals surface area contributed by atoms with E-state index in [1.165, 1.54) is 29.7 Å². The van der Waals surface area contributed by atoms with E-state index in [1.807, 2.05) is 24.1 Å². The number of thioether (sulfide) groups is 1. The summed E-state index contributed by atoms with van der Waals surface area (Å²) < 4.78 is 0. The molecular formula is C16H22N2OS. The Morgan fingerprint density at radius 1 is 1.40 bits per heavy atom. The van der Waals surface area contributed by atoms with Crippen molar-refractivity contribution in [1.29, 1.82) is 0 Å². The maximum Gasteiger partial charge on any atom is 0.230 e. The minimum absolute atomic E-state index is 0.0461. The van der Waals surface area contributed by atoms with Crippen LogP contribution in [0.5, 0.6) is 0 Å². The summed E-state index contributed by atoms with van der Waals surface area (Å²) in [4.78, 5) is 15.9. The van der Waals surface area contributed by atoms with Crippen molar-refractivity contribution in [3.63, 3.8) is 0 Å². The number of amides is 1. The standard InChI is InChI=1S/C16H22N2OS/c1-18(10-12-6-4-5-9-17-12)16(19)14-11-20-15-8-3-2-7-13(14)15/h2-3,7-8,12,14,17H,4-6,9-11H2,1H3. The fourth-order valence-electron chi connectivity index (χ4n) is 3.13. The first-order chi connectivity index (χ1) is 9.75. The van der Waals surface area contributed by atoms with Gasteiger partial charge in [0.15, 0.2) is 0 Å². The molecule has 4 heteroatoms. The Morgan fingerprint density at radius 3 is 3.05 bits per heavy atom. The topological polar surface area (TPSA) is 32.3 Å². The third kappa shape index (κ3) is 2.86. The molecule has 0 aromatic heterocycles. The van der Waals surface area contributed by atoms with Gasteiger partial charge in [-0.2, -0.15) is 0 Å². The van der Waals surface area contributed by atoms with Gasteiger partial charge in [-0.05, 0) is 31.0 Å². The van der Waals surface area contributed by atoms with E-state index in [1.54, 1.807) is 11.8 Å². The number of fused-ring (bicyclic) bond motifs is 1. The minimum Gasteiger partial charge on any atom is -0.344 e. The van der Waals surface area contributed by atoms with Crippen molar-refractivity contribution in [3.05, 3.63) is 29.8 Å². The normalized spacial score (nSPS) is 25.2. The molecule has 2 aliphatic rings. The fraction of sp³-hybridized carbons (Fsp3) is 0.562. The van der Waals surface area contributed by atoms with Crippen molar-refractivity contribution in [2.75, 3.05) is 25.9 Å². The summed E-state index contributed by atoms with van der Waals surface area (Å²) in [6, 6.07) is 8.78. The quantitative estimate of drug-likeness (QED) is 0.928. The molecule has 0 spiro atoms. The van der Waals surface area contributed by atoms with E-state index in [-0.39, 0.29) is 11.8 Å². The van der Waals surface area contributed by atoms with Crippen LogP contribution in [0.2, 0.25) is 0 Å². The SMILES string of the molecule is CN(CC1CCCCN1)C(=O)C1CSc2ccccc21. The largest absolute Gasteiger partial charge is 0.344 e. The van der Waals surface area contributed by atoms with Crippen molar-refractivity contribution in [2.24, 2.45) is 0 Å². The van der Waals surface area contributed by atoms with Crippen LogP contribution in [0.25, 0.3) is 0 Å². The molecule has 3 rings (SSSR count). The molecule has 1 saturated heterocycles. The van der Waals surface area contributed by atoms with E-state index < -0.39 is 0 Å². The highest BCUT2D eigenvalue weighted by Crippen LogP contribution is 2.40. The number of likely N-dealkylation sites (N-methyl/N-ethyl adjacent to an activating group) is 1. The molecule has 1 amide bonds. The zero-order valence-corrected chi connectivity index (χ0v) is 12.8. The van der Waals surface area contributed by atoms with Crippen LogP contribution in [0.3, 0.4) is 0 Å². The summed E-state index contributed by atoms with van der Waals surface area (Å²) >= 11 is 1.80. The number of nitrogens with one attached hydrogen (secondary N) is 1. The van der Waals surface area contributed by atoms with E-state index in [2.05, 4.69) is 17.4 Å². The number of carbonyl (C=O) groups is 1. The van der Waals surface area contributed by atoms with Crippen LogP contribution in [-0.4, -0.2) is 42.7 Å². The number of benzene rings is 1. The van der Waals surface area contributed by atoms with E-state index in [9.17, 15) is 4.79 Å². The van der Waals surface area contributed by atoms with Gasteiger partial charge in [-0.1, -0.05) is 24.6 Å². The first-order valence-electron chi connectivity index (χ1n) is 7.46. The number of piperidine rings is 1. The summed E-state index contributed by atoms with van der Waals surface area (Å²) in [6.45, 7) is 1.93. The summed E-state index contributed by atoms with van der Waals surface area (Å²) in [5, 5.41) is 3.52. The monoisotopic (exact) mass is 290 g/mol. The smallest absolute Gasteiger partial charge is 0.230 e. The molecule has 108 valence electrons. The van der Waals surface area contributed by atoms with E-state index in [0.29, 0.717) is 6.04 Å². The lowest BCUT2D eigenvalue weighted by Crippen LogP contribution is -2.45. The summed E-state index contributed by atoms with van der Waals surface area (Å²) in [5.41, 5.74) is 1.21. The number of hydrogen-bond donors (Lipinski definition) is 1. The zero-order chi connectivity index (χ0) is 13.9. The second-order valence-corrected chi connectivity index (χ2v) is 6.83. The fourth-order valence-corrected chi connectivity index (χ4v) is 4.35. The third-order valence-corrected chi connectivity index (χ3v) is 5.46. The molecule has 1 aromatic carbocycles. The average molecular weight is 290 g/mol. The molecule has 2 unspecified atom stereocenters. The summed E-state index contributed by atoms with van der Waals surface area (Å²) in [7, 11) is 1.95. The Bertz CT molecular complexity index is 485. The first-order valence-corrected chi connectivity index (χ1v) is 8.44. The van der Waals surface area contributed by atoms with E-state index >= 15 is 0 Å². The lowest BCUT2D eigenvalue weighted by Gasteiger charge is -2.29. The molecule has 2 aliphatic heterocycles. The predicted molar refractivity (Wildman–Crippen MR) is 83.2 cm³/mol. The van der Waals surface area contributed by atoms with E-state index in [4.69, 9.17) is 0 Å². The highest BCUT2D eigenvalue weighted by molar-refractivity contribution is 7.99. The highest BCUT2D eigenvalue weighted by Gasteiger charge is 2.31. The molecule has 3 nitrogen and oxygen atoms in total. The lowest BCUT2D eigenvalue weighted by molar-refractivity contribution is -0.131. The van der Waals surface area contributed by atoms with Gasteiger partial charge in [0.25, 0.3) is 0 Å². The Kier molecular flexibility index (Phi) is 4.32. The molecule has 1 aromatic rings. The summed E-state index contributed by atoms with van der Waals surface area (Å²) in [5.74, 6) is 1.21. The number of carbonyl (C=O) groups excluding carboxylic acids is 1. The predicted octanol–water partition coefficient (Wildman–Crippen LogP) is 2.48. The van der Waals surface area contributed by atoms with Crippen molar-refractivity contribution in [3.8, 4) is 0 Å². The summed E-state index contributed by atoms with van der Waals surface area (Å²) in [6.07, 6.45) is 3.73. The van der Waals surface area contributed by atoms with Crippen molar-refractivity contribution in [2.45, 2.75) is 36.1 Å². The Hall–Kier alpha value is -1.00. The average Bonchev–Trinajstić information content (AvgIpc) is 2.91. The second-order valence-electron chi connectivity index (χ2n) is 5.77. The molecule has 20 heavy (non-hydrogen) atoms. The molecule has 1 N–H and O–H groups in total. The van der Waals surface area contributed by atoms with Gasteiger partial charge < -0.3 is 10.2 Å². The zero-order valence-electron chi connectivity index (χ0n) is 12.0. The molecule has 0 saturated carbocycles. The van der Waals surface area contributed by atoms with Gasteiger partial charge in [0.05, 0.1) is 5.92 Å². The van der Waals surface area contributed by atoms with Crippen LogP contribution in [0.1, 0.15) is 30.7 Å². The van der Waals surface area contributed by atoms with Crippen molar-refractivity contribution >= 4 is 17.7 Å². The Labute approximate surface area is 125 Å². The van der Waals surface area contributed by atoms with Crippen LogP contribution in [0, 0.1) is 0 Å².